The minimum Gasteiger partial charge on any atom is -0.393 e. The Balaban J connectivity index is 2.70. The molecule has 15 heavy (non-hydrogen) atoms. The highest BCUT2D eigenvalue weighted by molar-refractivity contribution is 5.37. The fourth-order valence-corrected chi connectivity index (χ4v) is 0.911. The normalized spacial score (nSPS) is 14.7. The molecule has 0 aliphatic heterocycles. The maximum atomic E-state index is 13.3. The van der Waals surface area contributed by atoms with Crippen LogP contribution in [0, 0.1) is 12.7 Å². The Morgan fingerprint density at radius 2 is 2.20 bits per heavy atom. The first kappa shape index (κ1) is 11.8. The molecule has 1 rings (SSSR count). The molecule has 6 heteroatoms. The lowest BCUT2D eigenvalue weighted by Crippen LogP contribution is -2.37. The Hall–Kier alpha value is -1.27. The molecule has 0 amide bonds. The fraction of sp³-hybridized carbons (Fsp3) is 0.556. The molecule has 0 aromatic carbocycles. The maximum Gasteiger partial charge on any atom is 0.186 e. The molecule has 0 saturated heterocycles. The van der Waals surface area contributed by atoms with E-state index >= 15 is 0 Å². The molecule has 1 aromatic rings. The van der Waals surface area contributed by atoms with Crippen LogP contribution >= 0.6 is 0 Å². The largest absolute Gasteiger partial charge is 0.393 e. The van der Waals surface area contributed by atoms with Gasteiger partial charge < -0.3 is 15.5 Å². The fourth-order valence-electron chi connectivity index (χ4n) is 0.911. The summed E-state index contributed by atoms with van der Waals surface area (Å²) < 4.78 is 13.3. The molecule has 1 aromatic heterocycles. The van der Waals surface area contributed by atoms with Crippen LogP contribution in [0.2, 0.25) is 0 Å². The lowest BCUT2D eigenvalue weighted by atomic mass is 10.1. The molecule has 0 bridgehead atoms. The van der Waals surface area contributed by atoms with Gasteiger partial charge in [0.2, 0.25) is 0 Å². The van der Waals surface area contributed by atoms with E-state index < -0.39 is 18.0 Å². The second kappa shape index (κ2) is 4.50. The molecular formula is C9H14FN3O2. The third-order valence-corrected chi connectivity index (χ3v) is 1.94. The first-order valence-electron chi connectivity index (χ1n) is 4.50. The molecule has 84 valence electrons. The van der Waals surface area contributed by atoms with E-state index in [-0.39, 0.29) is 18.1 Å². The third kappa shape index (κ3) is 3.10. The van der Waals surface area contributed by atoms with Gasteiger partial charge in [0, 0.05) is 6.54 Å². The highest BCUT2D eigenvalue weighted by Crippen LogP contribution is 2.12. The van der Waals surface area contributed by atoms with Crippen LogP contribution in [0.25, 0.3) is 0 Å². The van der Waals surface area contributed by atoms with E-state index in [1.165, 1.54) is 20.2 Å². The van der Waals surface area contributed by atoms with Gasteiger partial charge in [-0.3, -0.25) is 0 Å². The summed E-state index contributed by atoms with van der Waals surface area (Å²) in [7, 11) is 0. The van der Waals surface area contributed by atoms with E-state index in [9.17, 15) is 9.50 Å². The summed E-state index contributed by atoms with van der Waals surface area (Å²) in [5, 5.41) is 20.9. The van der Waals surface area contributed by atoms with Gasteiger partial charge in [-0.15, -0.1) is 0 Å². The molecule has 5 nitrogen and oxygen atoms in total. The summed E-state index contributed by atoms with van der Waals surface area (Å²) in [4.78, 5) is 7.35. The molecule has 0 aliphatic carbocycles. The quantitative estimate of drug-likeness (QED) is 0.663. The Morgan fingerprint density at radius 1 is 1.53 bits per heavy atom. The van der Waals surface area contributed by atoms with E-state index in [4.69, 9.17) is 5.11 Å². The number of aliphatic hydroxyl groups is 2. The molecule has 1 unspecified atom stereocenters. The molecule has 0 fully saturated rings. The van der Waals surface area contributed by atoms with Crippen molar-refractivity contribution in [2.45, 2.75) is 19.4 Å². The van der Waals surface area contributed by atoms with E-state index in [1.54, 1.807) is 0 Å². The topological polar surface area (TPSA) is 78.3 Å². The number of nitrogens with zero attached hydrogens (tertiary/aromatic N) is 2. The van der Waals surface area contributed by atoms with Crippen molar-refractivity contribution in [3.05, 3.63) is 17.8 Å². The van der Waals surface area contributed by atoms with E-state index in [1.807, 2.05) is 0 Å². The van der Waals surface area contributed by atoms with E-state index in [0.717, 1.165) is 0 Å². The molecule has 0 aliphatic rings. The van der Waals surface area contributed by atoms with Crippen molar-refractivity contribution in [2.75, 3.05) is 18.5 Å². The molecule has 0 spiro atoms. The maximum absolute atomic E-state index is 13.3. The van der Waals surface area contributed by atoms with E-state index in [2.05, 4.69) is 15.3 Å². The minimum absolute atomic E-state index is 0.0108. The molecule has 0 radical (unpaired) electrons. The van der Waals surface area contributed by atoms with Gasteiger partial charge >= 0.3 is 0 Å². The highest BCUT2D eigenvalue weighted by Gasteiger charge is 2.19. The predicted molar refractivity (Wildman–Crippen MR) is 52.9 cm³/mol. The summed E-state index contributed by atoms with van der Waals surface area (Å²) >= 11 is 0. The summed E-state index contributed by atoms with van der Waals surface area (Å²) in [6, 6.07) is 0. The number of halogens is 1. The second-order valence-electron chi connectivity index (χ2n) is 3.63. The summed E-state index contributed by atoms with van der Waals surface area (Å²) in [6.07, 6.45) is 1.23. The molecule has 1 heterocycles. The Labute approximate surface area is 87.0 Å². The minimum atomic E-state index is -1.30. The van der Waals surface area contributed by atoms with E-state index in [0.29, 0.717) is 0 Å². The standard InChI is InChI=1S/C9H14FN3O2/c1-6-7(10)8(13-5-12-6)11-3-9(2,15)4-14/h5,14-15H,3-4H2,1-2H3,(H,11,12,13). The number of aliphatic hydroxyl groups excluding tert-OH is 1. The summed E-state index contributed by atoms with van der Waals surface area (Å²) in [5.41, 5.74) is -1.07. The van der Waals surface area contributed by atoms with Crippen molar-refractivity contribution in [3.63, 3.8) is 0 Å². The van der Waals surface area contributed by atoms with Gasteiger partial charge in [-0.25, -0.2) is 14.4 Å². The first-order chi connectivity index (χ1) is 6.96. The van der Waals surface area contributed by atoms with Crippen molar-refractivity contribution in [1.29, 1.82) is 0 Å². The number of aromatic nitrogens is 2. The predicted octanol–water partition coefficient (Wildman–Crippen LogP) is 0.0793. The SMILES string of the molecule is Cc1ncnc(NCC(C)(O)CO)c1F. The molecular weight excluding hydrogens is 201 g/mol. The van der Waals surface area contributed by atoms with Gasteiger partial charge in [-0.05, 0) is 13.8 Å². The zero-order valence-corrected chi connectivity index (χ0v) is 8.66. The van der Waals surface area contributed by atoms with Crippen LogP contribution in [0.5, 0.6) is 0 Å². The number of hydrogen-bond donors (Lipinski definition) is 3. The van der Waals surface area contributed by atoms with Crippen molar-refractivity contribution < 1.29 is 14.6 Å². The Morgan fingerprint density at radius 3 is 2.80 bits per heavy atom. The van der Waals surface area contributed by atoms with Gasteiger partial charge in [-0.2, -0.15) is 0 Å². The zero-order chi connectivity index (χ0) is 11.5. The monoisotopic (exact) mass is 215 g/mol. The van der Waals surface area contributed by atoms with Gasteiger partial charge in [0.05, 0.1) is 12.3 Å². The van der Waals surface area contributed by atoms with Crippen LogP contribution in [0.4, 0.5) is 10.2 Å². The lowest BCUT2D eigenvalue weighted by Gasteiger charge is -2.21. The van der Waals surface area contributed by atoms with Gasteiger partial charge in [0.1, 0.15) is 11.9 Å². The van der Waals surface area contributed by atoms with Crippen LogP contribution in [-0.4, -0.2) is 38.9 Å². The second-order valence-corrected chi connectivity index (χ2v) is 3.63. The van der Waals surface area contributed by atoms with Gasteiger partial charge in [-0.1, -0.05) is 0 Å². The van der Waals surface area contributed by atoms with Crippen LogP contribution in [-0.2, 0) is 0 Å². The number of nitrogens with one attached hydrogen (secondary N) is 1. The number of hydrogen-bond acceptors (Lipinski definition) is 5. The van der Waals surface area contributed by atoms with Crippen molar-refractivity contribution in [1.82, 2.24) is 9.97 Å². The lowest BCUT2D eigenvalue weighted by molar-refractivity contribution is 0.0131. The average molecular weight is 215 g/mol. The number of aryl methyl sites for hydroxylation is 1. The number of anilines is 1. The van der Waals surface area contributed by atoms with Gasteiger partial charge in [0.25, 0.3) is 0 Å². The van der Waals surface area contributed by atoms with Crippen LogP contribution in [0.15, 0.2) is 6.33 Å². The van der Waals surface area contributed by atoms with Crippen LogP contribution in [0.1, 0.15) is 12.6 Å². The molecule has 1 atom stereocenters. The van der Waals surface area contributed by atoms with Gasteiger partial charge in [0.15, 0.2) is 11.6 Å². The molecule has 3 N–H and O–H groups in total. The van der Waals surface area contributed by atoms with Crippen molar-refractivity contribution in [2.24, 2.45) is 0 Å². The van der Waals surface area contributed by atoms with Crippen LogP contribution < -0.4 is 5.32 Å². The highest BCUT2D eigenvalue weighted by atomic mass is 19.1. The van der Waals surface area contributed by atoms with Crippen molar-refractivity contribution in [3.8, 4) is 0 Å². The zero-order valence-electron chi connectivity index (χ0n) is 8.66. The third-order valence-electron chi connectivity index (χ3n) is 1.94. The average Bonchev–Trinajstić information content (AvgIpc) is 2.20. The summed E-state index contributed by atoms with van der Waals surface area (Å²) in [6.45, 7) is 2.56. The van der Waals surface area contributed by atoms with Crippen LogP contribution in [0.3, 0.4) is 0 Å². The molecule has 0 saturated carbocycles. The first-order valence-corrected chi connectivity index (χ1v) is 4.50. The smallest absolute Gasteiger partial charge is 0.186 e. The number of rotatable bonds is 4. The Bertz CT molecular complexity index is 344. The summed E-state index contributed by atoms with van der Waals surface area (Å²) in [5.74, 6) is -0.525. The van der Waals surface area contributed by atoms with Crippen molar-refractivity contribution >= 4 is 5.82 Å². The Kier molecular flexibility index (Phi) is 3.54.